The Morgan fingerprint density at radius 3 is 2.56 bits per heavy atom. The van der Waals surface area contributed by atoms with Crippen molar-refractivity contribution in [3.05, 3.63) is 42.0 Å². The van der Waals surface area contributed by atoms with Crippen molar-refractivity contribution in [3.8, 4) is 5.75 Å². The van der Waals surface area contributed by atoms with Gasteiger partial charge in [-0.15, -0.1) is 0 Å². The number of carboxylic acid groups (broad SMARTS) is 1. The van der Waals surface area contributed by atoms with Crippen LogP contribution in [-0.2, 0) is 0 Å². The number of aromatic nitrogens is 1. The van der Waals surface area contributed by atoms with Crippen LogP contribution in [0, 0.1) is 0 Å². The number of para-hydroxylation sites is 1. The second-order valence-electron chi connectivity index (χ2n) is 3.87. The molecule has 2 N–H and O–H groups in total. The fourth-order valence-electron chi connectivity index (χ4n) is 2.05. The van der Waals surface area contributed by atoms with Crippen LogP contribution >= 0.6 is 0 Å². The van der Waals surface area contributed by atoms with E-state index in [2.05, 4.69) is 4.98 Å². The number of fused-ring (bicyclic) bond motifs is 3. The summed E-state index contributed by atoms with van der Waals surface area (Å²) in [5.74, 6) is -1.67. The molecule has 0 radical (unpaired) electrons. The Bertz CT molecular complexity index is 748. The number of aromatic amines is 1. The monoisotopic (exact) mass is 265 g/mol. The number of rotatable bonds is 1. The minimum Gasteiger partial charge on any atom is -0.545 e. The Balaban J connectivity index is 0.00000120. The summed E-state index contributed by atoms with van der Waals surface area (Å²) in [5.41, 5.74) is 1.41. The first-order valence-corrected chi connectivity index (χ1v) is 5.11. The average Bonchev–Trinajstić information content (AvgIpc) is 2.64. The number of carbonyl (C=O) groups excluding carboxylic acids is 1. The maximum Gasteiger partial charge on any atom is 1.00 e. The Kier molecular flexibility index (Phi) is 3.79. The second-order valence-corrected chi connectivity index (χ2v) is 3.87. The summed E-state index contributed by atoms with van der Waals surface area (Å²) in [5, 5.41) is 22.1. The summed E-state index contributed by atoms with van der Waals surface area (Å²) in [7, 11) is 0. The molecule has 1 heterocycles. The molecular formula is C13H8KNO3. The fraction of sp³-hybridized carbons (Fsp3) is 0. The molecule has 18 heavy (non-hydrogen) atoms. The van der Waals surface area contributed by atoms with Gasteiger partial charge in [-0.1, -0.05) is 18.2 Å². The van der Waals surface area contributed by atoms with Crippen molar-refractivity contribution in [2.75, 3.05) is 0 Å². The topological polar surface area (TPSA) is 76.2 Å². The van der Waals surface area contributed by atoms with Crippen LogP contribution in [0.25, 0.3) is 21.8 Å². The molecule has 0 saturated carbocycles. The minimum absolute atomic E-state index is 0. The molecule has 0 aliphatic heterocycles. The standard InChI is InChI=1S/C13H9NO3.K/c15-12-6-11-8(5-9(12)13(16)17)7-3-1-2-4-10(7)14-11;/h1-6,14-15H,(H,16,17);/q;+1/p-1. The van der Waals surface area contributed by atoms with Gasteiger partial charge in [0.05, 0.1) is 11.5 Å². The van der Waals surface area contributed by atoms with Crippen LogP contribution in [0.5, 0.6) is 5.75 Å². The maximum absolute atomic E-state index is 10.8. The van der Waals surface area contributed by atoms with Gasteiger partial charge in [0.1, 0.15) is 5.75 Å². The SMILES string of the molecule is O=C([O-])c1cc2c(cc1O)[nH]c1ccccc12.[K+]. The van der Waals surface area contributed by atoms with E-state index < -0.39 is 5.97 Å². The minimum atomic E-state index is -1.38. The first kappa shape index (κ1) is 13.6. The van der Waals surface area contributed by atoms with Gasteiger partial charge in [0.2, 0.25) is 0 Å². The Labute approximate surface area is 145 Å². The molecule has 84 valence electrons. The predicted molar refractivity (Wildman–Crippen MR) is 61.8 cm³/mol. The zero-order valence-electron chi connectivity index (χ0n) is 9.73. The smallest absolute Gasteiger partial charge is 0.545 e. The van der Waals surface area contributed by atoms with Crippen LogP contribution in [0.1, 0.15) is 10.4 Å². The van der Waals surface area contributed by atoms with Crippen molar-refractivity contribution >= 4 is 27.8 Å². The number of H-pyrrole nitrogens is 1. The normalized spacial score (nSPS) is 10.4. The summed E-state index contributed by atoms with van der Waals surface area (Å²) in [4.78, 5) is 14.0. The summed E-state index contributed by atoms with van der Waals surface area (Å²) < 4.78 is 0. The van der Waals surface area contributed by atoms with Crippen LogP contribution < -0.4 is 56.5 Å². The van der Waals surface area contributed by atoms with E-state index in [9.17, 15) is 15.0 Å². The number of aromatic hydroxyl groups is 1. The molecule has 0 atom stereocenters. The van der Waals surface area contributed by atoms with Gasteiger partial charge < -0.3 is 20.0 Å². The van der Waals surface area contributed by atoms with Gasteiger partial charge in [0, 0.05) is 27.9 Å². The molecule has 0 aliphatic rings. The molecule has 2 aromatic carbocycles. The zero-order valence-corrected chi connectivity index (χ0v) is 12.9. The molecule has 1 aromatic heterocycles. The molecule has 0 aliphatic carbocycles. The van der Waals surface area contributed by atoms with Gasteiger partial charge in [0.15, 0.2) is 0 Å². The molecule has 3 rings (SSSR count). The molecule has 0 saturated heterocycles. The van der Waals surface area contributed by atoms with E-state index in [1.54, 1.807) is 0 Å². The molecule has 4 nitrogen and oxygen atoms in total. The number of nitrogens with one attached hydrogen (secondary N) is 1. The van der Waals surface area contributed by atoms with Gasteiger partial charge in [-0.25, -0.2) is 0 Å². The largest absolute Gasteiger partial charge is 1.00 e. The number of hydrogen-bond donors (Lipinski definition) is 2. The molecule has 3 aromatic rings. The first-order valence-electron chi connectivity index (χ1n) is 5.11. The van der Waals surface area contributed by atoms with Gasteiger partial charge in [0.25, 0.3) is 0 Å². The third-order valence-corrected chi connectivity index (χ3v) is 2.84. The third-order valence-electron chi connectivity index (χ3n) is 2.84. The van der Waals surface area contributed by atoms with E-state index in [0.717, 1.165) is 16.3 Å². The summed E-state index contributed by atoms with van der Waals surface area (Å²) in [6.07, 6.45) is 0. The molecule has 5 heteroatoms. The van der Waals surface area contributed by atoms with Crippen molar-refractivity contribution in [2.24, 2.45) is 0 Å². The Hall–Kier alpha value is -0.854. The Morgan fingerprint density at radius 1 is 1.11 bits per heavy atom. The zero-order chi connectivity index (χ0) is 12.0. The second kappa shape index (κ2) is 5.03. The fourth-order valence-corrected chi connectivity index (χ4v) is 2.05. The van der Waals surface area contributed by atoms with Crippen molar-refractivity contribution in [1.82, 2.24) is 4.98 Å². The Morgan fingerprint density at radius 2 is 1.83 bits per heavy atom. The quantitative estimate of drug-likeness (QED) is 0.520. The van der Waals surface area contributed by atoms with Crippen molar-refractivity contribution in [1.29, 1.82) is 0 Å². The number of carboxylic acids is 1. The number of aromatic carboxylic acids is 1. The van der Waals surface area contributed by atoms with Gasteiger partial charge in [-0.3, -0.25) is 0 Å². The van der Waals surface area contributed by atoms with Crippen LogP contribution in [0.15, 0.2) is 36.4 Å². The number of carbonyl (C=O) groups is 1. The van der Waals surface area contributed by atoms with Crippen LogP contribution in [0.2, 0.25) is 0 Å². The molecule has 0 unspecified atom stereocenters. The van der Waals surface area contributed by atoms with Gasteiger partial charge in [-0.2, -0.15) is 0 Å². The summed E-state index contributed by atoms with van der Waals surface area (Å²) in [6.45, 7) is 0. The predicted octanol–water partition coefficient (Wildman–Crippen LogP) is -1.61. The molecule has 0 fully saturated rings. The van der Waals surface area contributed by atoms with E-state index in [4.69, 9.17) is 0 Å². The first-order chi connectivity index (χ1) is 8.16. The van der Waals surface area contributed by atoms with E-state index >= 15 is 0 Å². The van der Waals surface area contributed by atoms with Gasteiger partial charge >= 0.3 is 51.4 Å². The van der Waals surface area contributed by atoms with Gasteiger partial charge in [-0.05, 0) is 12.1 Å². The maximum atomic E-state index is 10.8. The van der Waals surface area contributed by atoms with Crippen molar-refractivity contribution in [2.45, 2.75) is 0 Å². The number of hydrogen-bond acceptors (Lipinski definition) is 3. The molecule has 0 amide bonds. The van der Waals surface area contributed by atoms with Crippen molar-refractivity contribution < 1.29 is 66.4 Å². The summed E-state index contributed by atoms with van der Waals surface area (Å²) >= 11 is 0. The molecule has 0 spiro atoms. The number of benzene rings is 2. The van der Waals surface area contributed by atoms with Crippen LogP contribution in [0.3, 0.4) is 0 Å². The van der Waals surface area contributed by atoms with Crippen LogP contribution in [0.4, 0.5) is 0 Å². The number of phenols is 1. The third kappa shape index (κ3) is 2.08. The summed E-state index contributed by atoms with van der Waals surface area (Å²) in [6, 6.07) is 10.4. The van der Waals surface area contributed by atoms with E-state index in [0.29, 0.717) is 5.52 Å². The van der Waals surface area contributed by atoms with E-state index in [-0.39, 0.29) is 62.7 Å². The van der Waals surface area contributed by atoms with E-state index in [1.807, 2.05) is 24.3 Å². The average molecular weight is 265 g/mol. The molecular weight excluding hydrogens is 257 g/mol. The van der Waals surface area contributed by atoms with Crippen LogP contribution in [-0.4, -0.2) is 16.1 Å². The molecule has 0 bridgehead atoms. The van der Waals surface area contributed by atoms with E-state index in [1.165, 1.54) is 12.1 Å². The van der Waals surface area contributed by atoms with Crippen molar-refractivity contribution in [3.63, 3.8) is 0 Å².